The highest BCUT2D eigenvalue weighted by Gasteiger charge is 2.19. The fraction of sp³-hybridized carbons (Fsp3) is 0.217. The zero-order valence-electron chi connectivity index (χ0n) is 16.1. The molecule has 0 saturated heterocycles. The van der Waals surface area contributed by atoms with Crippen LogP contribution in [0.15, 0.2) is 71.3 Å². The molecular formula is C23H24N2O3. The first-order chi connectivity index (χ1) is 13.6. The number of para-hydroxylation sites is 1. The molecule has 0 atom stereocenters. The van der Waals surface area contributed by atoms with Crippen LogP contribution < -0.4 is 10.2 Å². The average molecular weight is 376 g/mol. The molecule has 0 saturated carbocycles. The minimum atomic E-state index is -0.344. The Bertz CT molecular complexity index is 934. The van der Waals surface area contributed by atoms with Gasteiger partial charge in [0, 0.05) is 23.5 Å². The number of carbonyl (C=O) groups is 2. The van der Waals surface area contributed by atoms with Crippen LogP contribution >= 0.6 is 0 Å². The van der Waals surface area contributed by atoms with Crippen molar-refractivity contribution in [1.29, 1.82) is 0 Å². The van der Waals surface area contributed by atoms with Crippen molar-refractivity contribution in [3.05, 3.63) is 83.8 Å². The maximum atomic E-state index is 13.2. The van der Waals surface area contributed by atoms with Gasteiger partial charge in [-0.2, -0.15) is 0 Å². The summed E-state index contributed by atoms with van der Waals surface area (Å²) >= 11 is 0. The van der Waals surface area contributed by atoms with Crippen molar-refractivity contribution in [3.8, 4) is 0 Å². The van der Waals surface area contributed by atoms with Crippen LogP contribution in [0.2, 0.25) is 0 Å². The highest BCUT2D eigenvalue weighted by atomic mass is 16.3. The highest BCUT2D eigenvalue weighted by Crippen LogP contribution is 2.22. The van der Waals surface area contributed by atoms with Gasteiger partial charge in [-0.05, 0) is 55.3 Å². The lowest BCUT2D eigenvalue weighted by atomic mass is 10.1. The lowest BCUT2D eigenvalue weighted by Crippen LogP contribution is -2.32. The molecule has 1 aromatic heterocycles. The molecule has 1 heterocycles. The van der Waals surface area contributed by atoms with E-state index in [4.69, 9.17) is 4.42 Å². The fourth-order valence-electron chi connectivity index (χ4n) is 2.91. The van der Waals surface area contributed by atoms with E-state index in [1.807, 2.05) is 43.3 Å². The number of amides is 2. The normalized spacial score (nSPS) is 10.5. The molecule has 0 aliphatic carbocycles. The molecule has 1 N–H and O–H groups in total. The van der Waals surface area contributed by atoms with Crippen LogP contribution in [0.3, 0.4) is 0 Å². The number of unbranched alkanes of at least 4 members (excludes halogenated alkanes) is 1. The molecule has 3 aromatic rings. The summed E-state index contributed by atoms with van der Waals surface area (Å²) in [6, 6.07) is 18.3. The van der Waals surface area contributed by atoms with Gasteiger partial charge < -0.3 is 14.6 Å². The topological polar surface area (TPSA) is 62.6 Å². The van der Waals surface area contributed by atoms with E-state index in [1.54, 1.807) is 29.2 Å². The van der Waals surface area contributed by atoms with Crippen LogP contribution in [-0.2, 0) is 0 Å². The van der Waals surface area contributed by atoms with E-state index in [-0.39, 0.29) is 17.6 Å². The average Bonchev–Trinajstić information content (AvgIpc) is 3.25. The molecule has 5 heteroatoms. The quantitative estimate of drug-likeness (QED) is 0.610. The van der Waals surface area contributed by atoms with Crippen LogP contribution in [0.5, 0.6) is 0 Å². The van der Waals surface area contributed by atoms with E-state index >= 15 is 0 Å². The number of carbonyl (C=O) groups excluding carboxylic acids is 2. The number of aryl methyl sites for hydroxylation is 1. The second-order valence-electron chi connectivity index (χ2n) is 6.61. The van der Waals surface area contributed by atoms with Crippen LogP contribution in [0, 0.1) is 6.92 Å². The summed E-state index contributed by atoms with van der Waals surface area (Å²) in [6.45, 7) is 4.63. The molecule has 144 valence electrons. The van der Waals surface area contributed by atoms with Gasteiger partial charge in [0.2, 0.25) is 0 Å². The zero-order chi connectivity index (χ0) is 19.9. The zero-order valence-corrected chi connectivity index (χ0v) is 16.1. The van der Waals surface area contributed by atoms with Gasteiger partial charge in [-0.25, -0.2) is 0 Å². The van der Waals surface area contributed by atoms with E-state index in [0.717, 1.165) is 24.1 Å². The number of nitrogens with one attached hydrogen (secondary N) is 1. The van der Waals surface area contributed by atoms with Crippen molar-refractivity contribution < 1.29 is 14.0 Å². The van der Waals surface area contributed by atoms with E-state index in [2.05, 4.69) is 12.2 Å². The molecule has 0 fully saturated rings. The molecule has 3 rings (SSSR count). The van der Waals surface area contributed by atoms with Crippen molar-refractivity contribution in [2.24, 2.45) is 0 Å². The molecule has 0 aliphatic rings. The van der Waals surface area contributed by atoms with Gasteiger partial charge in [-0.3, -0.25) is 9.59 Å². The number of furan rings is 1. The maximum absolute atomic E-state index is 13.2. The van der Waals surface area contributed by atoms with E-state index in [0.29, 0.717) is 17.8 Å². The predicted octanol–water partition coefficient (Wildman–Crippen LogP) is 5.29. The fourth-order valence-corrected chi connectivity index (χ4v) is 2.91. The van der Waals surface area contributed by atoms with Crippen molar-refractivity contribution in [2.45, 2.75) is 26.7 Å². The van der Waals surface area contributed by atoms with Crippen LogP contribution in [0.1, 0.15) is 46.2 Å². The Labute approximate surface area is 165 Å². The molecule has 0 unspecified atom stereocenters. The molecule has 0 spiro atoms. The maximum Gasteiger partial charge on any atom is 0.291 e. The van der Waals surface area contributed by atoms with Crippen molar-refractivity contribution in [1.82, 2.24) is 0 Å². The van der Waals surface area contributed by atoms with Gasteiger partial charge in [0.05, 0.1) is 6.26 Å². The Balaban J connectivity index is 1.86. The van der Waals surface area contributed by atoms with Gasteiger partial charge in [-0.1, -0.05) is 37.6 Å². The standard InChI is InChI=1S/C23H24N2O3/c1-3-4-14-25(19-9-6-5-7-10-19)23(27)18-13-12-17(2)20(16-18)24-22(26)21-11-8-15-28-21/h5-13,15-16H,3-4,14H2,1-2H3,(H,24,26). The molecule has 5 nitrogen and oxygen atoms in total. The van der Waals surface area contributed by atoms with E-state index in [1.165, 1.54) is 6.26 Å². The third kappa shape index (κ3) is 4.49. The number of hydrogen-bond donors (Lipinski definition) is 1. The summed E-state index contributed by atoms with van der Waals surface area (Å²) < 4.78 is 5.14. The van der Waals surface area contributed by atoms with Crippen LogP contribution in [0.4, 0.5) is 11.4 Å². The molecular weight excluding hydrogens is 352 g/mol. The number of benzene rings is 2. The number of rotatable bonds is 7. The summed E-state index contributed by atoms with van der Waals surface area (Å²) in [6.07, 6.45) is 3.36. The predicted molar refractivity (Wildman–Crippen MR) is 111 cm³/mol. The number of nitrogens with zero attached hydrogens (tertiary/aromatic N) is 1. The van der Waals surface area contributed by atoms with Gasteiger partial charge in [0.25, 0.3) is 11.8 Å². The van der Waals surface area contributed by atoms with Crippen LogP contribution in [0.25, 0.3) is 0 Å². The summed E-state index contributed by atoms with van der Waals surface area (Å²) in [4.78, 5) is 27.3. The van der Waals surface area contributed by atoms with Gasteiger partial charge >= 0.3 is 0 Å². The molecule has 2 aromatic carbocycles. The smallest absolute Gasteiger partial charge is 0.291 e. The van der Waals surface area contributed by atoms with Crippen molar-refractivity contribution in [2.75, 3.05) is 16.8 Å². The Morgan fingerprint density at radius 3 is 2.50 bits per heavy atom. The molecule has 2 amide bonds. The Hall–Kier alpha value is -3.34. The first-order valence-corrected chi connectivity index (χ1v) is 9.42. The Morgan fingerprint density at radius 1 is 1.04 bits per heavy atom. The largest absolute Gasteiger partial charge is 0.459 e. The molecule has 0 aliphatic heterocycles. The third-order valence-electron chi connectivity index (χ3n) is 4.53. The number of anilines is 2. The van der Waals surface area contributed by atoms with Crippen molar-refractivity contribution in [3.63, 3.8) is 0 Å². The number of hydrogen-bond acceptors (Lipinski definition) is 3. The van der Waals surface area contributed by atoms with Crippen molar-refractivity contribution >= 4 is 23.2 Å². The molecule has 0 radical (unpaired) electrons. The second-order valence-corrected chi connectivity index (χ2v) is 6.61. The summed E-state index contributed by atoms with van der Waals surface area (Å²) in [5.74, 6) is -0.207. The monoisotopic (exact) mass is 376 g/mol. The first kappa shape index (κ1) is 19.4. The third-order valence-corrected chi connectivity index (χ3v) is 4.53. The van der Waals surface area contributed by atoms with E-state index < -0.39 is 0 Å². The summed E-state index contributed by atoms with van der Waals surface area (Å²) in [5, 5.41) is 2.83. The summed E-state index contributed by atoms with van der Waals surface area (Å²) in [7, 11) is 0. The van der Waals surface area contributed by atoms with E-state index in [9.17, 15) is 9.59 Å². The van der Waals surface area contributed by atoms with Crippen LogP contribution in [-0.4, -0.2) is 18.4 Å². The first-order valence-electron chi connectivity index (χ1n) is 9.42. The summed E-state index contributed by atoms with van der Waals surface area (Å²) in [5.41, 5.74) is 2.86. The molecule has 0 bridgehead atoms. The Kier molecular flexibility index (Phi) is 6.27. The lowest BCUT2D eigenvalue weighted by molar-refractivity contribution is 0.0980. The highest BCUT2D eigenvalue weighted by molar-refractivity contribution is 6.08. The molecule has 28 heavy (non-hydrogen) atoms. The SMILES string of the molecule is CCCCN(C(=O)c1ccc(C)c(NC(=O)c2ccco2)c1)c1ccccc1. The minimum Gasteiger partial charge on any atom is -0.459 e. The van der Waals surface area contributed by atoms with Gasteiger partial charge in [-0.15, -0.1) is 0 Å². The lowest BCUT2D eigenvalue weighted by Gasteiger charge is -2.23. The Morgan fingerprint density at radius 2 is 1.82 bits per heavy atom. The van der Waals surface area contributed by atoms with Gasteiger partial charge in [0.1, 0.15) is 0 Å². The second kappa shape index (κ2) is 9.04. The van der Waals surface area contributed by atoms with Gasteiger partial charge in [0.15, 0.2) is 5.76 Å². The minimum absolute atomic E-state index is 0.0897.